The fraction of sp³-hybridized carbons (Fsp3) is 0.632. The number of oxime groups is 1. The van der Waals surface area contributed by atoms with Gasteiger partial charge in [-0.2, -0.15) is 0 Å². The van der Waals surface area contributed by atoms with Gasteiger partial charge < -0.3 is 20.0 Å². The Hall–Kier alpha value is -1.79. The predicted molar refractivity (Wildman–Crippen MR) is 100 cm³/mol. The second kappa shape index (κ2) is 9.63. The summed E-state index contributed by atoms with van der Waals surface area (Å²) in [7, 11) is 0. The summed E-state index contributed by atoms with van der Waals surface area (Å²) in [6.45, 7) is 11.6. The van der Waals surface area contributed by atoms with Crippen molar-refractivity contribution in [1.82, 2.24) is 4.90 Å². The third-order valence-corrected chi connectivity index (χ3v) is 4.04. The molecule has 0 spiro atoms. The van der Waals surface area contributed by atoms with Crippen LogP contribution in [0.5, 0.6) is 5.75 Å². The number of benzene rings is 1. The minimum Gasteiger partial charge on any atom is -0.493 e. The van der Waals surface area contributed by atoms with E-state index in [1.165, 1.54) is 5.56 Å². The van der Waals surface area contributed by atoms with Crippen molar-refractivity contribution in [3.05, 3.63) is 29.8 Å². The first kappa shape index (κ1) is 19.5. The molecular weight excluding hydrogens is 318 g/mol. The zero-order chi connectivity index (χ0) is 18.1. The molecule has 0 aliphatic carbocycles. The second-order valence-electron chi connectivity index (χ2n) is 7.28. The molecule has 0 aromatic heterocycles. The third kappa shape index (κ3) is 7.32. The maximum absolute atomic E-state index is 5.87. The Morgan fingerprint density at radius 1 is 1.16 bits per heavy atom. The van der Waals surface area contributed by atoms with Crippen LogP contribution in [0.25, 0.3) is 0 Å². The predicted octanol–water partition coefficient (Wildman–Crippen LogP) is 2.37. The highest BCUT2D eigenvalue weighted by Gasteiger charge is 2.13. The fourth-order valence-electron chi connectivity index (χ4n) is 2.51. The summed E-state index contributed by atoms with van der Waals surface area (Å²) in [6.07, 6.45) is 0.759. The zero-order valence-electron chi connectivity index (χ0n) is 15.7. The van der Waals surface area contributed by atoms with Gasteiger partial charge in [0.1, 0.15) is 12.4 Å². The summed E-state index contributed by atoms with van der Waals surface area (Å²) in [5.74, 6) is 1.38. The summed E-state index contributed by atoms with van der Waals surface area (Å²) in [4.78, 5) is 7.47. The highest BCUT2D eigenvalue weighted by Crippen LogP contribution is 2.24. The van der Waals surface area contributed by atoms with E-state index >= 15 is 0 Å². The number of rotatable bonds is 8. The van der Waals surface area contributed by atoms with Crippen LogP contribution in [0, 0.1) is 0 Å². The van der Waals surface area contributed by atoms with Gasteiger partial charge in [0.05, 0.1) is 26.4 Å². The van der Waals surface area contributed by atoms with E-state index in [0.29, 0.717) is 25.6 Å². The Labute approximate surface area is 150 Å². The summed E-state index contributed by atoms with van der Waals surface area (Å²) >= 11 is 0. The Balaban J connectivity index is 1.59. The van der Waals surface area contributed by atoms with E-state index in [9.17, 15) is 0 Å². The number of morpholine rings is 1. The number of hydrogen-bond donors (Lipinski definition) is 1. The van der Waals surface area contributed by atoms with Gasteiger partial charge in [0.2, 0.25) is 0 Å². The molecule has 6 nitrogen and oxygen atoms in total. The number of nitrogens with two attached hydrogens (primary N) is 1. The second-order valence-corrected chi connectivity index (χ2v) is 7.28. The summed E-state index contributed by atoms with van der Waals surface area (Å²) < 4.78 is 11.0. The zero-order valence-corrected chi connectivity index (χ0v) is 15.7. The van der Waals surface area contributed by atoms with Crippen molar-refractivity contribution in [2.75, 3.05) is 46.1 Å². The standard InChI is InChI=1S/C19H31N3O3/c1-19(2,3)16-5-7-17(8-6-16)24-11-4-12-25-21-18(20)15-22-9-13-23-14-10-22/h5-8H,4,9-15H2,1-3H3,(H2,20,21). The minimum absolute atomic E-state index is 0.158. The molecule has 0 atom stereocenters. The first-order chi connectivity index (χ1) is 11.9. The van der Waals surface area contributed by atoms with Gasteiger partial charge in [0.15, 0.2) is 5.84 Å². The number of ether oxygens (including phenoxy) is 2. The van der Waals surface area contributed by atoms with Crippen LogP contribution in [-0.2, 0) is 15.0 Å². The highest BCUT2D eigenvalue weighted by atomic mass is 16.6. The van der Waals surface area contributed by atoms with Crippen LogP contribution in [0.15, 0.2) is 29.4 Å². The molecule has 2 rings (SSSR count). The van der Waals surface area contributed by atoms with Crippen LogP contribution in [0.1, 0.15) is 32.8 Å². The molecule has 140 valence electrons. The average molecular weight is 349 g/mol. The Morgan fingerprint density at radius 3 is 2.48 bits per heavy atom. The maximum Gasteiger partial charge on any atom is 0.153 e. The molecule has 1 aromatic carbocycles. The summed E-state index contributed by atoms with van der Waals surface area (Å²) in [6, 6.07) is 8.25. The van der Waals surface area contributed by atoms with Crippen LogP contribution in [-0.4, -0.2) is 56.8 Å². The van der Waals surface area contributed by atoms with Gasteiger partial charge in [-0.3, -0.25) is 4.90 Å². The number of nitrogens with zero attached hydrogens (tertiary/aromatic N) is 2. The van der Waals surface area contributed by atoms with Gasteiger partial charge in [0.25, 0.3) is 0 Å². The first-order valence-electron chi connectivity index (χ1n) is 8.93. The molecule has 2 N–H and O–H groups in total. The number of hydrogen-bond acceptors (Lipinski definition) is 5. The van der Waals surface area contributed by atoms with Crippen LogP contribution in [0.4, 0.5) is 0 Å². The Morgan fingerprint density at radius 2 is 1.84 bits per heavy atom. The summed E-state index contributed by atoms with van der Waals surface area (Å²) in [5.41, 5.74) is 7.33. The van der Waals surface area contributed by atoms with Crippen molar-refractivity contribution in [3.63, 3.8) is 0 Å². The van der Waals surface area contributed by atoms with E-state index in [2.05, 4.69) is 43.0 Å². The lowest BCUT2D eigenvalue weighted by Gasteiger charge is -2.25. The van der Waals surface area contributed by atoms with E-state index in [0.717, 1.165) is 38.5 Å². The lowest BCUT2D eigenvalue weighted by molar-refractivity contribution is 0.0443. The van der Waals surface area contributed by atoms with Gasteiger partial charge in [-0.05, 0) is 23.1 Å². The lowest BCUT2D eigenvalue weighted by atomic mass is 9.87. The lowest BCUT2D eigenvalue weighted by Crippen LogP contribution is -2.41. The molecule has 0 radical (unpaired) electrons. The molecule has 0 unspecified atom stereocenters. The van der Waals surface area contributed by atoms with Crippen molar-refractivity contribution in [1.29, 1.82) is 0 Å². The maximum atomic E-state index is 5.87. The quantitative estimate of drug-likeness (QED) is 0.338. The van der Waals surface area contributed by atoms with Crippen molar-refractivity contribution in [2.24, 2.45) is 10.9 Å². The molecule has 1 fully saturated rings. The van der Waals surface area contributed by atoms with Crippen LogP contribution in [0.2, 0.25) is 0 Å². The number of amidine groups is 1. The van der Waals surface area contributed by atoms with Crippen molar-refractivity contribution >= 4 is 5.84 Å². The van der Waals surface area contributed by atoms with Crippen molar-refractivity contribution in [3.8, 4) is 5.75 Å². The largest absolute Gasteiger partial charge is 0.493 e. The molecule has 0 amide bonds. The fourth-order valence-corrected chi connectivity index (χ4v) is 2.51. The third-order valence-electron chi connectivity index (χ3n) is 4.04. The van der Waals surface area contributed by atoms with Crippen molar-refractivity contribution in [2.45, 2.75) is 32.6 Å². The van der Waals surface area contributed by atoms with E-state index in [1.807, 2.05) is 12.1 Å². The molecular formula is C19H31N3O3. The van der Waals surface area contributed by atoms with E-state index in [-0.39, 0.29) is 5.41 Å². The highest BCUT2D eigenvalue weighted by molar-refractivity contribution is 5.81. The molecule has 1 aliphatic rings. The van der Waals surface area contributed by atoms with E-state index < -0.39 is 0 Å². The molecule has 0 bridgehead atoms. The topological polar surface area (TPSA) is 69.3 Å². The van der Waals surface area contributed by atoms with Crippen molar-refractivity contribution < 1.29 is 14.3 Å². The SMILES string of the molecule is CC(C)(C)c1ccc(OCCCON=C(N)CN2CCOCC2)cc1. The van der Waals surface area contributed by atoms with Crippen LogP contribution in [0.3, 0.4) is 0 Å². The monoisotopic (exact) mass is 349 g/mol. The molecule has 0 saturated carbocycles. The smallest absolute Gasteiger partial charge is 0.153 e. The molecule has 1 heterocycles. The molecule has 1 aromatic rings. The molecule has 25 heavy (non-hydrogen) atoms. The molecule has 1 aliphatic heterocycles. The van der Waals surface area contributed by atoms with E-state index in [1.54, 1.807) is 0 Å². The average Bonchev–Trinajstić information content (AvgIpc) is 2.58. The molecule has 6 heteroatoms. The van der Waals surface area contributed by atoms with Gasteiger partial charge in [0, 0.05) is 19.5 Å². The van der Waals surface area contributed by atoms with E-state index in [4.69, 9.17) is 20.0 Å². The van der Waals surface area contributed by atoms with Gasteiger partial charge >= 0.3 is 0 Å². The normalized spacial score (nSPS) is 16.7. The summed E-state index contributed by atoms with van der Waals surface area (Å²) in [5, 5.41) is 3.96. The Kier molecular flexibility index (Phi) is 7.52. The Bertz CT molecular complexity index is 532. The minimum atomic E-state index is 0.158. The van der Waals surface area contributed by atoms with Gasteiger partial charge in [-0.25, -0.2) is 0 Å². The van der Waals surface area contributed by atoms with Gasteiger partial charge in [-0.1, -0.05) is 38.1 Å². The molecule has 1 saturated heterocycles. The van der Waals surface area contributed by atoms with Gasteiger partial charge in [-0.15, -0.1) is 0 Å². The van der Waals surface area contributed by atoms with Crippen LogP contribution < -0.4 is 10.5 Å². The van der Waals surface area contributed by atoms with Crippen LogP contribution >= 0.6 is 0 Å². The first-order valence-corrected chi connectivity index (χ1v) is 8.93.